The second kappa shape index (κ2) is 2.51. The molecule has 0 radical (unpaired) electrons. The van der Waals surface area contributed by atoms with Crippen LogP contribution >= 0.6 is 0 Å². The Hall–Kier alpha value is 0.280. The molecular formula is C3H5NTe. The summed E-state index contributed by atoms with van der Waals surface area (Å²) in [6.45, 7) is 1.88. The zero-order valence-electron chi connectivity index (χ0n) is 2.97. The molecule has 2 heteroatoms. The molecular weight excluding hydrogens is 178 g/mol. The fourth-order valence-electron chi connectivity index (χ4n) is 0. The normalized spacial score (nSPS) is 13.0. The Kier molecular flexibility index (Phi) is 2.65. The molecule has 0 heterocycles. The third-order valence-corrected chi connectivity index (χ3v) is 0.516. The monoisotopic (exact) mass is 185 g/mol. The van der Waals surface area contributed by atoms with Gasteiger partial charge in [0, 0.05) is 0 Å². The maximum atomic E-state index is 7.91. The van der Waals surface area contributed by atoms with Gasteiger partial charge in [0.2, 0.25) is 0 Å². The number of hydrogen-bond donors (Lipinski definition) is 0. The summed E-state index contributed by atoms with van der Waals surface area (Å²) >= 11 is 1.55. The minimum atomic E-state index is 0.240. The quantitative estimate of drug-likeness (QED) is 0.492. The van der Waals surface area contributed by atoms with Crippen molar-refractivity contribution < 1.29 is 0 Å². The molecule has 0 aromatic rings. The zero-order chi connectivity index (χ0) is 4.28. The maximum absolute atomic E-state index is 7.91. The van der Waals surface area contributed by atoms with Gasteiger partial charge in [0.15, 0.2) is 0 Å². The van der Waals surface area contributed by atoms with Crippen LogP contribution in [0.4, 0.5) is 0 Å². The van der Waals surface area contributed by atoms with Crippen molar-refractivity contribution in [3.8, 4) is 6.07 Å². The standard InChI is InChI=1S/C3H5NTe/c1-3(5)2-4/h3,5H,1H3. The Bertz CT molecular complexity index is 52.4. The molecule has 0 aliphatic heterocycles. The summed E-state index contributed by atoms with van der Waals surface area (Å²) in [7, 11) is 0. The Balaban J connectivity index is 2.94. The average Bonchev–Trinajstić information content (AvgIpc) is 1.38. The number of nitrogens with zero attached hydrogens (tertiary/aromatic N) is 1. The third-order valence-electron chi connectivity index (χ3n) is 0.187. The van der Waals surface area contributed by atoms with E-state index in [1.807, 2.05) is 6.92 Å². The van der Waals surface area contributed by atoms with Crippen LogP contribution in [0.25, 0.3) is 0 Å². The summed E-state index contributed by atoms with van der Waals surface area (Å²) in [6, 6.07) is 2.05. The van der Waals surface area contributed by atoms with Crippen molar-refractivity contribution in [2.75, 3.05) is 0 Å². The molecule has 0 saturated carbocycles. The van der Waals surface area contributed by atoms with Crippen LogP contribution in [0.5, 0.6) is 0 Å². The second-order valence-electron chi connectivity index (χ2n) is 0.805. The summed E-state index contributed by atoms with van der Waals surface area (Å²) < 4.78 is 0.240. The molecule has 0 aliphatic rings. The molecule has 0 aliphatic carbocycles. The third kappa shape index (κ3) is 4.28. The van der Waals surface area contributed by atoms with E-state index in [1.54, 1.807) is 22.3 Å². The number of nitriles is 1. The first-order valence-corrected chi connectivity index (χ1v) is 2.82. The van der Waals surface area contributed by atoms with E-state index in [1.165, 1.54) is 0 Å². The molecule has 0 bridgehead atoms. The molecule has 28 valence electrons. The summed E-state index contributed by atoms with van der Waals surface area (Å²) in [4.78, 5) is 0. The molecule has 0 spiro atoms. The Labute approximate surface area is 44.9 Å². The van der Waals surface area contributed by atoms with E-state index < -0.39 is 0 Å². The zero-order valence-corrected chi connectivity index (χ0v) is 5.52. The van der Waals surface area contributed by atoms with Gasteiger partial charge < -0.3 is 0 Å². The summed E-state index contributed by atoms with van der Waals surface area (Å²) in [5.41, 5.74) is 0. The van der Waals surface area contributed by atoms with Crippen molar-refractivity contribution in [1.29, 1.82) is 5.26 Å². The van der Waals surface area contributed by atoms with E-state index in [0.717, 1.165) is 0 Å². The first-order chi connectivity index (χ1) is 2.27. The second-order valence-corrected chi connectivity index (χ2v) is 3.02. The van der Waals surface area contributed by atoms with Crippen LogP contribution in [-0.4, -0.2) is 22.3 Å². The Morgan fingerprint density at radius 1 is 2.00 bits per heavy atom. The van der Waals surface area contributed by atoms with Crippen LogP contribution in [-0.2, 0) is 0 Å². The molecule has 0 amide bonds. The van der Waals surface area contributed by atoms with Crippen molar-refractivity contribution in [1.82, 2.24) is 0 Å². The molecule has 1 unspecified atom stereocenters. The van der Waals surface area contributed by atoms with Crippen LogP contribution in [0.1, 0.15) is 6.92 Å². The number of rotatable bonds is 0. The molecule has 5 heavy (non-hydrogen) atoms. The summed E-state index contributed by atoms with van der Waals surface area (Å²) in [5, 5.41) is 7.91. The molecule has 0 fully saturated rings. The van der Waals surface area contributed by atoms with Gasteiger partial charge >= 0.3 is 44.5 Å². The molecule has 1 nitrogen and oxygen atoms in total. The van der Waals surface area contributed by atoms with E-state index in [0.29, 0.717) is 0 Å². The fraction of sp³-hybridized carbons (Fsp3) is 0.667. The molecule has 0 aromatic heterocycles. The molecule has 0 saturated heterocycles. The minimum absolute atomic E-state index is 0.240. The molecule has 0 aromatic carbocycles. The van der Waals surface area contributed by atoms with E-state index in [9.17, 15) is 0 Å². The van der Waals surface area contributed by atoms with Gasteiger partial charge in [-0.25, -0.2) is 0 Å². The van der Waals surface area contributed by atoms with Gasteiger partial charge in [-0.3, -0.25) is 0 Å². The first kappa shape index (κ1) is 5.28. The van der Waals surface area contributed by atoms with Gasteiger partial charge in [-0.1, -0.05) is 0 Å². The van der Waals surface area contributed by atoms with Crippen LogP contribution in [0.3, 0.4) is 0 Å². The van der Waals surface area contributed by atoms with Crippen LogP contribution in [0.15, 0.2) is 0 Å². The molecule has 0 N–H and O–H groups in total. The predicted octanol–water partition coefficient (Wildman–Crippen LogP) is 0.219. The van der Waals surface area contributed by atoms with Crippen molar-refractivity contribution in [3.63, 3.8) is 0 Å². The van der Waals surface area contributed by atoms with Crippen molar-refractivity contribution in [2.24, 2.45) is 0 Å². The van der Waals surface area contributed by atoms with Gasteiger partial charge in [-0.05, 0) is 0 Å². The van der Waals surface area contributed by atoms with Gasteiger partial charge in [0.05, 0.1) is 0 Å². The first-order valence-electron chi connectivity index (χ1n) is 1.35. The van der Waals surface area contributed by atoms with Crippen LogP contribution < -0.4 is 0 Å². The van der Waals surface area contributed by atoms with E-state index in [2.05, 4.69) is 6.07 Å². The van der Waals surface area contributed by atoms with Crippen LogP contribution in [0.2, 0.25) is 3.97 Å². The predicted molar refractivity (Wildman–Crippen MR) is 22.2 cm³/mol. The molecule has 0 rings (SSSR count). The summed E-state index contributed by atoms with van der Waals surface area (Å²) in [6.07, 6.45) is 0. The summed E-state index contributed by atoms with van der Waals surface area (Å²) in [5.74, 6) is 0. The van der Waals surface area contributed by atoms with Gasteiger partial charge in [-0.2, -0.15) is 0 Å². The Morgan fingerprint density at radius 2 is 2.20 bits per heavy atom. The van der Waals surface area contributed by atoms with Crippen molar-refractivity contribution in [2.45, 2.75) is 10.9 Å². The molecule has 1 atom stereocenters. The SMILES string of the molecule is CC([TeH])C#N. The average molecular weight is 183 g/mol. The number of hydrogen-bond acceptors (Lipinski definition) is 1. The topological polar surface area (TPSA) is 23.8 Å². The Morgan fingerprint density at radius 3 is 2.20 bits per heavy atom. The van der Waals surface area contributed by atoms with Crippen molar-refractivity contribution >= 4 is 22.3 Å². The van der Waals surface area contributed by atoms with E-state index in [-0.39, 0.29) is 3.97 Å². The fourth-order valence-corrected chi connectivity index (χ4v) is 0. The van der Waals surface area contributed by atoms with Gasteiger partial charge in [-0.15, -0.1) is 0 Å². The van der Waals surface area contributed by atoms with Gasteiger partial charge in [0.25, 0.3) is 0 Å². The van der Waals surface area contributed by atoms with Crippen molar-refractivity contribution in [3.05, 3.63) is 0 Å². The van der Waals surface area contributed by atoms with E-state index in [4.69, 9.17) is 5.26 Å². The van der Waals surface area contributed by atoms with Crippen LogP contribution in [0, 0.1) is 11.3 Å². The van der Waals surface area contributed by atoms with E-state index >= 15 is 0 Å². The van der Waals surface area contributed by atoms with Gasteiger partial charge in [0.1, 0.15) is 0 Å².